The summed E-state index contributed by atoms with van der Waals surface area (Å²) in [5, 5.41) is 6.05. The molecule has 29 heavy (non-hydrogen) atoms. The zero-order chi connectivity index (χ0) is 20.9. The number of nitrogens with zero attached hydrogens (tertiary/aromatic N) is 2. The molecule has 0 atom stereocenters. The zero-order valence-electron chi connectivity index (χ0n) is 14.8. The van der Waals surface area contributed by atoms with Crippen molar-refractivity contribution in [3.05, 3.63) is 77.6 Å². The van der Waals surface area contributed by atoms with Crippen molar-refractivity contribution < 1.29 is 13.2 Å². The third kappa shape index (κ3) is 5.92. The Labute approximate surface area is 170 Å². The van der Waals surface area contributed by atoms with Crippen molar-refractivity contribution in [3.8, 4) is 11.8 Å². The molecule has 5 nitrogen and oxygen atoms in total. The molecule has 0 saturated carbocycles. The Morgan fingerprint density at radius 2 is 1.52 bits per heavy atom. The quantitative estimate of drug-likeness (QED) is 0.430. The number of nitrogens with one attached hydrogen (secondary N) is 2. The van der Waals surface area contributed by atoms with Crippen LogP contribution in [0, 0.1) is 11.8 Å². The second kappa shape index (κ2) is 8.58. The van der Waals surface area contributed by atoms with E-state index in [4.69, 9.17) is 18.0 Å². The van der Waals surface area contributed by atoms with Crippen molar-refractivity contribution >= 4 is 34.7 Å². The number of halogens is 3. The number of rotatable bonds is 2. The van der Waals surface area contributed by atoms with E-state index in [1.54, 1.807) is 18.2 Å². The van der Waals surface area contributed by atoms with Crippen LogP contribution in [0.15, 0.2) is 60.9 Å². The molecule has 3 aromatic rings. The van der Waals surface area contributed by atoms with Crippen molar-refractivity contribution in [3.63, 3.8) is 0 Å². The first-order valence-corrected chi connectivity index (χ1v) is 8.65. The van der Waals surface area contributed by atoms with Crippen LogP contribution in [0.5, 0.6) is 0 Å². The zero-order valence-corrected chi connectivity index (χ0v) is 15.6. The van der Waals surface area contributed by atoms with Crippen LogP contribution in [0.3, 0.4) is 0 Å². The number of anilines is 3. The largest absolute Gasteiger partial charge is 0.416 e. The number of nitrogens with two attached hydrogens (primary N) is 1. The Morgan fingerprint density at radius 3 is 2.17 bits per heavy atom. The van der Waals surface area contributed by atoms with Crippen molar-refractivity contribution in [2.24, 2.45) is 0 Å². The van der Waals surface area contributed by atoms with E-state index in [1.165, 1.54) is 24.5 Å². The minimum Gasteiger partial charge on any atom is -0.368 e. The van der Waals surface area contributed by atoms with Gasteiger partial charge in [0.1, 0.15) is 0 Å². The van der Waals surface area contributed by atoms with Crippen molar-refractivity contribution in [1.82, 2.24) is 9.97 Å². The van der Waals surface area contributed by atoms with Crippen LogP contribution in [0.25, 0.3) is 0 Å². The van der Waals surface area contributed by atoms with Gasteiger partial charge in [-0.05, 0) is 54.7 Å². The molecule has 0 amide bonds. The first kappa shape index (κ1) is 20.1. The van der Waals surface area contributed by atoms with E-state index in [0.717, 1.165) is 17.7 Å². The molecule has 3 rings (SSSR count). The summed E-state index contributed by atoms with van der Waals surface area (Å²) in [6.07, 6.45) is -1.32. The third-order valence-corrected chi connectivity index (χ3v) is 3.82. The summed E-state index contributed by atoms with van der Waals surface area (Å²) in [4.78, 5) is 7.74. The van der Waals surface area contributed by atoms with Gasteiger partial charge < -0.3 is 16.4 Å². The molecule has 0 aliphatic carbocycles. The van der Waals surface area contributed by atoms with Gasteiger partial charge >= 0.3 is 6.18 Å². The van der Waals surface area contributed by atoms with Gasteiger partial charge in [0.25, 0.3) is 0 Å². The molecule has 1 heterocycles. The van der Waals surface area contributed by atoms with Crippen LogP contribution in [-0.2, 0) is 6.18 Å². The van der Waals surface area contributed by atoms with Gasteiger partial charge in [0.05, 0.1) is 11.1 Å². The second-order valence-electron chi connectivity index (χ2n) is 5.81. The molecule has 0 unspecified atom stereocenters. The number of alkyl halides is 3. The lowest BCUT2D eigenvalue weighted by atomic mass is 10.2. The van der Waals surface area contributed by atoms with E-state index in [9.17, 15) is 13.2 Å². The summed E-state index contributed by atoms with van der Waals surface area (Å²) in [6, 6.07) is 11.8. The highest BCUT2D eigenvalue weighted by molar-refractivity contribution is 7.80. The predicted octanol–water partition coefficient (Wildman–Crippen LogP) is 4.29. The maximum absolute atomic E-state index is 12.6. The normalized spacial score (nSPS) is 10.6. The maximum Gasteiger partial charge on any atom is 0.416 e. The maximum atomic E-state index is 12.6. The lowest BCUT2D eigenvalue weighted by Gasteiger charge is -2.12. The SMILES string of the molecule is Nc1ncc(C#Cc2cccc(NC(=S)Nc3ccc(C(F)(F)F)cc3)c2)cn1. The number of thiocarbonyl (C=S) groups is 1. The molecule has 0 fully saturated rings. The minimum absolute atomic E-state index is 0.177. The Bertz CT molecular complexity index is 1070. The molecule has 0 radical (unpaired) electrons. The topological polar surface area (TPSA) is 75.9 Å². The summed E-state index contributed by atoms with van der Waals surface area (Å²) in [5.41, 5.74) is 7.18. The molecule has 0 aliphatic rings. The van der Waals surface area contributed by atoms with Gasteiger partial charge in [0, 0.05) is 29.3 Å². The van der Waals surface area contributed by atoms with E-state index in [1.807, 2.05) is 6.07 Å². The van der Waals surface area contributed by atoms with Gasteiger partial charge in [0.2, 0.25) is 5.95 Å². The molecular weight excluding hydrogens is 399 g/mol. The number of nitrogen functional groups attached to an aromatic ring is 1. The van der Waals surface area contributed by atoms with Crippen molar-refractivity contribution in [1.29, 1.82) is 0 Å². The van der Waals surface area contributed by atoms with Gasteiger partial charge in [-0.15, -0.1) is 0 Å². The highest BCUT2D eigenvalue weighted by Gasteiger charge is 2.29. The fourth-order valence-corrected chi connectivity index (χ4v) is 2.49. The fourth-order valence-electron chi connectivity index (χ4n) is 2.26. The highest BCUT2D eigenvalue weighted by atomic mass is 32.1. The van der Waals surface area contributed by atoms with Gasteiger partial charge in [-0.25, -0.2) is 9.97 Å². The van der Waals surface area contributed by atoms with Gasteiger partial charge in [-0.2, -0.15) is 13.2 Å². The van der Waals surface area contributed by atoms with Crippen LogP contribution in [-0.4, -0.2) is 15.1 Å². The van der Waals surface area contributed by atoms with E-state index >= 15 is 0 Å². The molecule has 2 aromatic carbocycles. The first-order valence-electron chi connectivity index (χ1n) is 8.24. The molecule has 0 saturated heterocycles. The fraction of sp³-hybridized carbons (Fsp3) is 0.0500. The molecule has 1 aromatic heterocycles. The average Bonchev–Trinajstić information content (AvgIpc) is 2.67. The smallest absolute Gasteiger partial charge is 0.368 e. The van der Waals surface area contributed by atoms with Crippen molar-refractivity contribution in [2.75, 3.05) is 16.4 Å². The molecule has 0 aliphatic heterocycles. The van der Waals surface area contributed by atoms with Crippen LogP contribution in [0.4, 0.5) is 30.5 Å². The number of aromatic nitrogens is 2. The molecule has 4 N–H and O–H groups in total. The summed E-state index contributed by atoms with van der Waals surface area (Å²) < 4.78 is 37.8. The Kier molecular flexibility index (Phi) is 5.95. The third-order valence-electron chi connectivity index (χ3n) is 3.61. The molecule has 146 valence electrons. The summed E-state index contributed by atoms with van der Waals surface area (Å²) in [6.45, 7) is 0. The van der Waals surface area contributed by atoms with Crippen LogP contribution in [0.2, 0.25) is 0 Å². The summed E-state index contributed by atoms with van der Waals surface area (Å²) >= 11 is 5.21. The molecule has 9 heteroatoms. The summed E-state index contributed by atoms with van der Waals surface area (Å²) in [7, 11) is 0. The van der Waals surface area contributed by atoms with E-state index in [0.29, 0.717) is 16.9 Å². The van der Waals surface area contributed by atoms with E-state index in [2.05, 4.69) is 32.4 Å². The molecule has 0 spiro atoms. The van der Waals surface area contributed by atoms with Crippen LogP contribution in [0.1, 0.15) is 16.7 Å². The lowest BCUT2D eigenvalue weighted by Crippen LogP contribution is -2.19. The Morgan fingerprint density at radius 1 is 0.897 bits per heavy atom. The van der Waals surface area contributed by atoms with E-state index in [-0.39, 0.29) is 11.1 Å². The standard InChI is InChI=1S/C20H14F3N5S/c21-20(22,23)15-6-8-16(9-7-15)27-19(29)28-17-3-1-2-13(10-17)4-5-14-11-25-18(24)26-12-14/h1-3,6-12H,(H2,24,25,26)(H2,27,28,29). The van der Waals surface area contributed by atoms with Crippen LogP contribution < -0.4 is 16.4 Å². The first-order chi connectivity index (χ1) is 13.8. The summed E-state index contributed by atoms with van der Waals surface area (Å²) in [5.74, 6) is 6.09. The number of hydrogen-bond donors (Lipinski definition) is 3. The van der Waals surface area contributed by atoms with Gasteiger partial charge in [-0.1, -0.05) is 17.9 Å². The van der Waals surface area contributed by atoms with Gasteiger partial charge in [-0.3, -0.25) is 0 Å². The van der Waals surface area contributed by atoms with Crippen LogP contribution >= 0.6 is 12.2 Å². The lowest BCUT2D eigenvalue weighted by molar-refractivity contribution is -0.137. The minimum atomic E-state index is -4.38. The van der Waals surface area contributed by atoms with Gasteiger partial charge in [0.15, 0.2) is 5.11 Å². The van der Waals surface area contributed by atoms with E-state index < -0.39 is 11.7 Å². The second-order valence-corrected chi connectivity index (χ2v) is 6.22. The predicted molar refractivity (Wildman–Crippen MR) is 110 cm³/mol. The molecular formula is C20H14F3N5S. The number of benzene rings is 2. The Balaban J connectivity index is 1.64. The monoisotopic (exact) mass is 413 g/mol. The van der Waals surface area contributed by atoms with Crippen molar-refractivity contribution in [2.45, 2.75) is 6.18 Å². The average molecular weight is 413 g/mol. The molecule has 0 bridgehead atoms. The Hall–Kier alpha value is -3.64. The highest BCUT2D eigenvalue weighted by Crippen LogP contribution is 2.29. The number of hydrogen-bond acceptors (Lipinski definition) is 4.